The van der Waals surface area contributed by atoms with Gasteiger partial charge in [0.25, 0.3) is 0 Å². The molecule has 1 saturated heterocycles. The van der Waals surface area contributed by atoms with E-state index in [4.69, 9.17) is 24.5 Å². The van der Waals surface area contributed by atoms with Crippen LogP contribution in [0.25, 0.3) is 0 Å². The molecule has 2 rings (SSSR count). The molecule has 27 heavy (non-hydrogen) atoms. The van der Waals surface area contributed by atoms with Crippen molar-refractivity contribution in [2.45, 2.75) is 24.1 Å². The number of nitrogens with one attached hydrogen (secondary N) is 1. The normalized spacial score (nSPS) is 16.9. The van der Waals surface area contributed by atoms with Gasteiger partial charge in [-0.15, -0.1) is 10.2 Å². The van der Waals surface area contributed by atoms with E-state index in [2.05, 4.69) is 27.3 Å². The van der Waals surface area contributed by atoms with Gasteiger partial charge in [-0.1, -0.05) is 30.0 Å². The van der Waals surface area contributed by atoms with Gasteiger partial charge in [0.1, 0.15) is 0 Å². The monoisotopic (exact) mass is 420 g/mol. The summed E-state index contributed by atoms with van der Waals surface area (Å²) < 4.78 is 6.10. The number of likely N-dealkylation sites (tertiary alicyclic amines) is 1. The van der Waals surface area contributed by atoms with E-state index in [-0.39, 0.29) is 5.91 Å². The van der Waals surface area contributed by atoms with Gasteiger partial charge in [0.2, 0.25) is 11.0 Å². The van der Waals surface area contributed by atoms with Crippen molar-refractivity contribution in [1.29, 1.82) is 0 Å². The molecule has 0 aliphatic carbocycles. The number of hydrogen-bond donors (Lipinski definition) is 3. The maximum atomic E-state index is 12.1. The predicted molar refractivity (Wildman–Crippen MR) is 101 cm³/mol. The molecule has 1 aliphatic rings. The van der Waals surface area contributed by atoms with Crippen LogP contribution in [0, 0.1) is 5.92 Å². The number of anilines is 1. The molecular formula is C15H24N4O6S2. The molecule has 0 radical (unpaired) electrons. The third-order valence-electron chi connectivity index (χ3n) is 3.48. The number of methoxy groups -OCH3 is 1. The summed E-state index contributed by atoms with van der Waals surface area (Å²) in [6.07, 6.45) is 2.30. The summed E-state index contributed by atoms with van der Waals surface area (Å²) >= 11 is 3.06. The van der Waals surface area contributed by atoms with Crippen molar-refractivity contribution in [2.75, 3.05) is 44.4 Å². The van der Waals surface area contributed by atoms with E-state index in [1.165, 1.54) is 17.8 Å². The molecule has 10 nitrogen and oxygen atoms in total. The minimum atomic E-state index is -1.82. The van der Waals surface area contributed by atoms with E-state index in [1.807, 2.05) is 0 Å². The molecule has 1 amide bonds. The first-order chi connectivity index (χ1) is 12.8. The Balaban J connectivity index is 0.000000527. The Morgan fingerprint density at radius 3 is 2.63 bits per heavy atom. The van der Waals surface area contributed by atoms with Crippen LogP contribution >= 0.6 is 23.1 Å². The zero-order valence-corrected chi connectivity index (χ0v) is 16.8. The van der Waals surface area contributed by atoms with Crippen molar-refractivity contribution in [1.82, 2.24) is 15.1 Å². The molecule has 0 aromatic carbocycles. The predicted octanol–water partition coefficient (Wildman–Crippen LogP) is 1.10. The minimum absolute atomic E-state index is 0.0164. The number of amides is 1. The van der Waals surface area contributed by atoms with E-state index >= 15 is 0 Å². The smallest absolute Gasteiger partial charge is 0.414 e. The number of ether oxygens (including phenoxy) is 1. The highest BCUT2D eigenvalue weighted by Gasteiger charge is 2.21. The maximum absolute atomic E-state index is 12.1. The minimum Gasteiger partial charge on any atom is -0.473 e. The van der Waals surface area contributed by atoms with Crippen LogP contribution in [0.1, 0.15) is 19.8 Å². The first kappa shape index (κ1) is 23.3. The second-order valence-corrected chi connectivity index (χ2v) is 8.15. The Labute approximate surface area is 165 Å². The molecule has 12 heteroatoms. The van der Waals surface area contributed by atoms with Gasteiger partial charge >= 0.3 is 11.9 Å². The molecule has 3 N–H and O–H groups in total. The highest BCUT2D eigenvalue weighted by atomic mass is 32.2. The molecule has 2 heterocycles. The number of rotatable bonds is 7. The topological polar surface area (TPSA) is 142 Å². The lowest BCUT2D eigenvalue weighted by Crippen LogP contribution is -2.41. The van der Waals surface area contributed by atoms with Crippen molar-refractivity contribution < 1.29 is 29.3 Å². The lowest BCUT2D eigenvalue weighted by atomic mass is 9.99. The number of hydrogen-bond acceptors (Lipinski definition) is 9. The fourth-order valence-corrected chi connectivity index (χ4v) is 4.14. The average molecular weight is 421 g/mol. The van der Waals surface area contributed by atoms with E-state index < -0.39 is 11.9 Å². The molecule has 1 aromatic rings. The molecule has 1 aromatic heterocycles. The lowest BCUT2D eigenvalue weighted by molar-refractivity contribution is -0.159. The largest absolute Gasteiger partial charge is 0.473 e. The van der Waals surface area contributed by atoms with Crippen molar-refractivity contribution in [3.05, 3.63) is 0 Å². The van der Waals surface area contributed by atoms with Crippen molar-refractivity contribution in [2.24, 2.45) is 5.92 Å². The Morgan fingerprint density at radius 1 is 1.33 bits per heavy atom. The first-order valence-corrected chi connectivity index (χ1v) is 10.1. The zero-order chi connectivity index (χ0) is 20.2. The van der Waals surface area contributed by atoms with E-state index in [9.17, 15) is 4.79 Å². The molecule has 0 bridgehead atoms. The van der Waals surface area contributed by atoms with Crippen LogP contribution < -0.4 is 5.32 Å². The number of thioether (sulfide) groups is 1. The van der Waals surface area contributed by atoms with Crippen molar-refractivity contribution in [3.8, 4) is 0 Å². The summed E-state index contributed by atoms with van der Waals surface area (Å²) in [4.78, 5) is 32.4. The summed E-state index contributed by atoms with van der Waals surface area (Å²) in [5, 5.41) is 26.2. The maximum Gasteiger partial charge on any atom is 0.414 e. The van der Waals surface area contributed by atoms with E-state index in [1.54, 1.807) is 18.9 Å². The van der Waals surface area contributed by atoms with Crippen LogP contribution in [0.3, 0.4) is 0 Å². The fourth-order valence-electron chi connectivity index (χ4n) is 2.47. The fraction of sp³-hybridized carbons (Fsp3) is 0.667. The molecule has 0 saturated carbocycles. The SMILES string of the molecule is CCSc1nnc(NC(=O)CN2CCCC(COC)C2)s1.O=C(O)C(=O)O. The van der Waals surface area contributed by atoms with Gasteiger partial charge in [-0.2, -0.15) is 0 Å². The van der Waals surface area contributed by atoms with E-state index in [0.717, 1.165) is 36.2 Å². The van der Waals surface area contributed by atoms with Gasteiger partial charge in [-0.25, -0.2) is 9.59 Å². The Bertz CT molecular complexity index is 613. The van der Waals surface area contributed by atoms with Crippen LogP contribution in [-0.2, 0) is 19.1 Å². The second kappa shape index (κ2) is 12.6. The zero-order valence-electron chi connectivity index (χ0n) is 15.2. The number of aromatic nitrogens is 2. The van der Waals surface area contributed by atoms with Crippen molar-refractivity contribution in [3.63, 3.8) is 0 Å². The molecule has 152 valence electrons. The number of carbonyl (C=O) groups excluding carboxylic acids is 1. The Hall–Kier alpha value is -1.76. The number of carbonyl (C=O) groups is 3. The van der Waals surface area contributed by atoms with Gasteiger partial charge < -0.3 is 14.9 Å². The summed E-state index contributed by atoms with van der Waals surface area (Å²) in [7, 11) is 1.73. The summed E-state index contributed by atoms with van der Waals surface area (Å²) in [5.41, 5.74) is 0. The number of piperidine rings is 1. The molecule has 1 aliphatic heterocycles. The standard InChI is InChI=1S/C13H22N4O2S2.C2H2O4/c1-3-20-13-16-15-12(21-13)14-11(18)8-17-6-4-5-10(7-17)9-19-2;3-1(4)2(5)6/h10H,3-9H2,1-2H3,(H,14,15,18);(H,3,4)(H,5,6). The van der Waals surface area contributed by atoms with Gasteiger partial charge in [0.05, 0.1) is 13.2 Å². The lowest BCUT2D eigenvalue weighted by Gasteiger charge is -2.31. The number of carboxylic acids is 2. The molecular weight excluding hydrogens is 396 g/mol. The number of aliphatic carboxylic acids is 2. The van der Waals surface area contributed by atoms with Gasteiger partial charge in [-0.3, -0.25) is 15.0 Å². The van der Waals surface area contributed by atoms with Gasteiger partial charge in [0, 0.05) is 13.7 Å². The summed E-state index contributed by atoms with van der Waals surface area (Å²) in [6, 6.07) is 0. The van der Waals surface area contributed by atoms with Crippen LogP contribution in [0.2, 0.25) is 0 Å². The van der Waals surface area contributed by atoms with Crippen LogP contribution in [0.15, 0.2) is 4.34 Å². The number of nitrogens with zero attached hydrogens (tertiary/aromatic N) is 3. The van der Waals surface area contributed by atoms with Crippen LogP contribution in [0.4, 0.5) is 5.13 Å². The molecule has 1 fully saturated rings. The highest BCUT2D eigenvalue weighted by Crippen LogP contribution is 2.25. The van der Waals surface area contributed by atoms with Crippen LogP contribution in [-0.4, -0.2) is 82.3 Å². The third-order valence-corrected chi connectivity index (χ3v) is 5.33. The highest BCUT2D eigenvalue weighted by molar-refractivity contribution is 8.01. The molecule has 0 spiro atoms. The summed E-state index contributed by atoms with van der Waals surface area (Å²) in [5.74, 6) is -2.18. The molecule has 1 unspecified atom stereocenters. The van der Waals surface area contributed by atoms with E-state index in [0.29, 0.717) is 17.6 Å². The van der Waals surface area contributed by atoms with Crippen molar-refractivity contribution >= 4 is 46.1 Å². The summed E-state index contributed by atoms with van der Waals surface area (Å²) in [6.45, 7) is 5.15. The first-order valence-electron chi connectivity index (χ1n) is 8.29. The Morgan fingerprint density at radius 2 is 2.04 bits per heavy atom. The molecule has 1 atom stereocenters. The average Bonchev–Trinajstić information content (AvgIpc) is 3.03. The van der Waals surface area contributed by atoms with Gasteiger partial charge in [0.15, 0.2) is 4.34 Å². The van der Waals surface area contributed by atoms with Crippen LogP contribution in [0.5, 0.6) is 0 Å². The Kier molecular flexibility index (Phi) is 10.9. The quantitative estimate of drug-likeness (QED) is 0.333. The van der Waals surface area contributed by atoms with Gasteiger partial charge in [-0.05, 0) is 31.1 Å². The second-order valence-electron chi connectivity index (χ2n) is 5.66. The number of carboxylic acid groups (broad SMARTS) is 2. The third kappa shape index (κ3) is 9.65.